The first-order valence-electron chi connectivity index (χ1n) is 4.65. The van der Waals surface area contributed by atoms with Crippen LogP contribution in [0.2, 0.25) is 0 Å². The summed E-state index contributed by atoms with van der Waals surface area (Å²) < 4.78 is 41.3. The van der Waals surface area contributed by atoms with Gasteiger partial charge in [-0.1, -0.05) is 0 Å². The van der Waals surface area contributed by atoms with Gasteiger partial charge in [-0.25, -0.2) is 9.78 Å². The maximum absolute atomic E-state index is 12.4. The Morgan fingerprint density at radius 3 is 2.76 bits per heavy atom. The minimum atomic E-state index is -4.59. The molecule has 1 aromatic rings. The van der Waals surface area contributed by atoms with Crippen molar-refractivity contribution in [3.63, 3.8) is 0 Å². The average molecular weight is 247 g/mol. The van der Waals surface area contributed by atoms with E-state index < -0.39 is 24.9 Å². The molecule has 0 radical (unpaired) electrons. The number of cyclic esters (lactones) is 1. The van der Waals surface area contributed by atoms with E-state index in [0.717, 1.165) is 4.90 Å². The molecule has 5 nitrogen and oxygen atoms in total. The Hall–Kier alpha value is -1.99. The van der Waals surface area contributed by atoms with Crippen molar-refractivity contribution in [3.05, 3.63) is 18.3 Å². The van der Waals surface area contributed by atoms with E-state index >= 15 is 0 Å². The maximum Gasteiger partial charge on any atom is 0.427 e. The second-order valence-corrected chi connectivity index (χ2v) is 3.44. The summed E-state index contributed by atoms with van der Waals surface area (Å²) >= 11 is 0. The molecule has 1 aromatic heterocycles. The number of nitrogens with zero attached hydrogens (tertiary/aromatic N) is 2. The quantitative estimate of drug-likeness (QED) is 0.817. The fourth-order valence-electron chi connectivity index (χ4n) is 1.44. The zero-order valence-electron chi connectivity index (χ0n) is 8.44. The van der Waals surface area contributed by atoms with Crippen LogP contribution in [0, 0.1) is 0 Å². The molecule has 1 aliphatic heterocycles. The molecule has 0 aromatic carbocycles. The third-order valence-corrected chi connectivity index (χ3v) is 2.25. The van der Waals surface area contributed by atoms with E-state index in [1.165, 1.54) is 18.3 Å². The topological polar surface area (TPSA) is 68.4 Å². The first-order chi connectivity index (χ1) is 7.89. The third-order valence-electron chi connectivity index (χ3n) is 2.25. The molecule has 0 saturated carbocycles. The second kappa shape index (κ2) is 3.79. The van der Waals surface area contributed by atoms with Crippen molar-refractivity contribution in [2.24, 2.45) is 0 Å². The lowest BCUT2D eigenvalue weighted by Crippen LogP contribution is -2.33. The molecular formula is C9H8F3N3O2. The molecule has 1 aliphatic rings. The van der Waals surface area contributed by atoms with Gasteiger partial charge in [-0.05, 0) is 12.1 Å². The monoisotopic (exact) mass is 247 g/mol. The van der Waals surface area contributed by atoms with Gasteiger partial charge in [-0.3, -0.25) is 4.90 Å². The largest absolute Gasteiger partial charge is 0.434 e. The van der Waals surface area contributed by atoms with Crippen LogP contribution in [-0.2, 0) is 4.74 Å². The summed E-state index contributed by atoms with van der Waals surface area (Å²) in [5.74, 6) is -0.0238. The fourth-order valence-corrected chi connectivity index (χ4v) is 1.44. The number of pyridine rings is 1. The summed E-state index contributed by atoms with van der Waals surface area (Å²) in [6.07, 6.45) is -6.50. The molecule has 0 aliphatic carbocycles. The summed E-state index contributed by atoms with van der Waals surface area (Å²) in [6.45, 7) is -0.635. The summed E-state index contributed by atoms with van der Waals surface area (Å²) in [6, 6.07) is 2.96. The van der Waals surface area contributed by atoms with Gasteiger partial charge in [-0.15, -0.1) is 0 Å². The predicted molar refractivity (Wildman–Crippen MR) is 52.3 cm³/mol. The Kier molecular flexibility index (Phi) is 2.56. The van der Waals surface area contributed by atoms with E-state index in [1.54, 1.807) is 0 Å². The lowest BCUT2D eigenvalue weighted by atomic mass is 10.3. The van der Waals surface area contributed by atoms with Crippen molar-refractivity contribution in [3.8, 4) is 0 Å². The number of nitrogens with two attached hydrogens (primary N) is 1. The molecule has 2 N–H and O–H groups in total. The van der Waals surface area contributed by atoms with Gasteiger partial charge in [0.2, 0.25) is 6.10 Å². The number of anilines is 2. The minimum absolute atomic E-state index is 0.0238. The minimum Gasteiger partial charge on any atom is -0.434 e. The van der Waals surface area contributed by atoms with Crippen LogP contribution in [0.5, 0.6) is 0 Å². The summed E-state index contributed by atoms with van der Waals surface area (Å²) in [7, 11) is 0. The molecule has 2 rings (SSSR count). The molecule has 1 atom stereocenters. The highest BCUT2D eigenvalue weighted by Crippen LogP contribution is 2.32. The van der Waals surface area contributed by atoms with E-state index in [9.17, 15) is 18.0 Å². The second-order valence-electron chi connectivity index (χ2n) is 3.44. The number of carbonyl (C=O) groups excluding carboxylic acids is 1. The van der Waals surface area contributed by atoms with Gasteiger partial charge in [0.05, 0.1) is 12.2 Å². The number of hydrogen-bond donors (Lipinski definition) is 1. The van der Waals surface area contributed by atoms with Crippen molar-refractivity contribution in [2.75, 3.05) is 17.2 Å². The van der Waals surface area contributed by atoms with Gasteiger partial charge in [0.1, 0.15) is 0 Å². The van der Waals surface area contributed by atoms with E-state index in [-0.39, 0.29) is 11.5 Å². The number of rotatable bonds is 1. The summed E-state index contributed by atoms with van der Waals surface area (Å²) in [5, 5.41) is 0. The number of aromatic nitrogens is 1. The van der Waals surface area contributed by atoms with Crippen LogP contribution in [0.4, 0.5) is 29.5 Å². The molecule has 17 heavy (non-hydrogen) atoms. The molecule has 0 unspecified atom stereocenters. The highest BCUT2D eigenvalue weighted by atomic mass is 19.4. The van der Waals surface area contributed by atoms with Crippen molar-refractivity contribution in [1.29, 1.82) is 0 Å². The average Bonchev–Trinajstić information content (AvgIpc) is 2.61. The van der Waals surface area contributed by atoms with Crippen molar-refractivity contribution >= 4 is 17.6 Å². The van der Waals surface area contributed by atoms with Crippen LogP contribution >= 0.6 is 0 Å². The Labute approximate surface area is 94.0 Å². The molecule has 0 bridgehead atoms. The van der Waals surface area contributed by atoms with E-state index in [0.29, 0.717) is 0 Å². The van der Waals surface area contributed by atoms with Crippen LogP contribution in [0.25, 0.3) is 0 Å². The zero-order valence-corrected chi connectivity index (χ0v) is 8.44. The standard InChI is InChI=1S/C9H8F3N3O2/c10-9(11,12)6-4-15(8(16)17-6)7-5(13)2-1-3-14-7/h1-3,6H,4,13H2/t6-/m0/s1. The number of nitrogen functional groups attached to an aromatic ring is 1. The Morgan fingerprint density at radius 1 is 1.53 bits per heavy atom. The fraction of sp³-hybridized carbons (Fsp3) is 0.333. The molecule has 92 valence electrons. The Bertz CT molecular complexity index is 449. The van der Waals surface area contributed by atoms with Crippen molar-refractivity contribution in [2.45, 2.75) is 12.3 Å². The molecular weight excluding hydrogens is 239 g/mol. The molecule has 0 spiro atoms. The SMILES string of the molecule is Nc1cccnc1N1C[C@@H](C(F)(F)F)OC1=O. The molecule has 2 heterocycles. The van der Waals surface area contributed by atoms with E-state index in [2.05, 4.69) is 9.72 Å². The van der Waals surface area contributed by atoms with Gasteiger partial charge in [0, 0.05) is 6.20 Å². The summed E-state index contributed by atoms with van der Waals surface area (Å²) in [4.78, 5) is 15.8. The van der Waals surface area contributed by atoms with Crippen LogP contribution in [0.1, 0.15) is 0 Å². The molecule has 8 heteroatoms. The number of hydrogen-bond acceptors (Lipinski definition) is 4. The first kappa shape index (κ1) is 11.5. The predicted octanol–water partition coefficient (Wildman–Crippen LogP) is 1.55. The third kappa shape index (κ3) is 2.10. The van der Waals surface area contributed by atoms with E-state index in [4.69, 9.17) is 5.73 Å². The van der Waals surface area contributed by atoms with E-state index in [1.807, 2.05) is 0 Å². The van der Waals surface area contributed by atoms with Crippen LogP contribution < -0.4 is 10.6 Å². The lowest BCUT2D eigenvalue weighted by molar-refractivity contribution is -0.191. The number of carbonyl (C=O) groups is 1. The molecule has 1 saturated heterocycles. The lowest BCUT2D eigenvalue weighted by Gasteiger charge is -2.14. The first-order valence-corrected chi connectivity index (χ1v) is 4.65. The molecule has 1 fully saturated rings. The number of alkyl halides is 3. The van der Waals surface area contributed by atoms with Gasteiger partial charge < -0.3 is 10.5 Å². The smallest absolute Gasteiger partial charge is 0.427 e. The maximum atomic E-state index is 12.4. The van der Waals surface area contributed by atoms with Crippen LogP contribution in [-0.4, -0.2) is 29.9 Å². The van der Waals surface area contributed by atoms with Gasteiger partial charge in [0.25, 0.3) is 0 Å². The molecule has 1 amide bonds. The number of ether oxygens (including phenoxy) is 1. The summed E-state index contributed by atoms with van der Waals surface area (Å²) in [5.41, 5.74) is 5.64. The number of halogens is 3. The van der Waals surface area contributed by atoms with Crippen LogP contribution in [0.15, 0.2) is 18.3 Å². The Balaban J connectivity index is 2.25. The van der Waals surface area contributed by atoms with Gasteiger partial charge in [-0.2, -0.15) is 13.2 Å². The van der Waals surface area contributed by atoms with Gasteiger partial charge >= 0.3 is 12.3 Å². The number of amides is 1. The Morgan fingerprint density at radius 2 is 2.24 bits per heavy atom. The van der Waals surface area contributed by atoms with Crippen molar-refractivity contribution < 1.29 is 22.7 Å². The van der Waals surface area contributed by atoms with Gasteiger partial charge in [0.15, 0.2) is 5.82 Å². The normalized spacial score (nSPS) is 20.5. The highest BCUT2D eigenvalue weighted by molar-refractivity contribution is 5.91. The van der Waals surface area contributed by atoms with Crippen molar-refractivity contribution in [1.82, 2.24) is 4.98 Å². The zero-order chi connectivity index (χ0) is 12.6. The van der Waals surface area contributed by atoms with Crippen LogP contribution in [0.3, 0.4) is 0 Å². The highest BCUT2D eigenvalue weighted by Gasteiger charge is 2.50.